The number of hydrogen-bond donors (Lipinski definition) is 0. The lowest BCUT2D eigenvalue weighted by Gasteiger charge is -2.06. The summed E-state index contributed by atoms with van der Waals surface area (Å²) in [7, 11) is 0. The zero-order chi connectivity index (χ0) is 14.2. The minimum Gasteiger partial charge on any atom is -0.294 e. The van der Waals surface area contributed by atoms with E-state index in [0.717, 1.165) is 28.7 Å². The number of nitrogens with zero attached hydrogens (tertiary/aromatic N) is 3. The molecule has 4 rings (SSSR count). The summed E-state index contributed by atoms with van der Waals surface area (Å²) < 4.78 is 2.20. The largest absolute Gasteiger partial charge is 0.294 e. The molecule has 0 saturated heterocycles. The Hall–Kier alpha value is -2.68. The fraction of sp³-hybridized carbons (Fsp3) is 0.111. The number of aryl methyl sites for hydroxylation is 1. The molecule has 1 aromatic carbocycles. The fourth-order valence-electron chi connectivity index (χ4n) is 2.81. The van der Waals surface area contributed by atoms with Gasteiger partial charge in [-0.1, -0.05) is 25.1 Å². The quantitative estimate of drug-likeness (QED) is 0.549. The van der Waals surface area contributed by atoms with Crippen molar-refractivity contribution in [2.45, 2.75) is 13.3 Å². The Labute approximate surface area is 122 Å². The lowest BCUT2D eigenvalue weighted by molar-refractivity contribution is 1.09. The van der Waals surface area contributed by atoms with Crippen LogP contribution in [-0.2, 0) is 6.42 Å². The van der Waals surface area contributed by atoms with E-state index in [1.807, 2.05) is 24.7 Å². The van der Waals surface area contributed by atoms with Gasteiger partial charge in [-0.2, -0.15) is 0 Å². The van der Waals surface area contributed by atoms with Gasteiger partial charge in [0.15, 0.2) is 0 Å². The molecule has 0 aliphatic heterocycles. The van der Waals surface area contributed by atoms with Gasteiger partial charge in [0.25, 0.3) is 0 Å². The lowest BCUT2D eigenvalue weighted by Crippen LogP contribution is -1.95. The summed E-state index contributed by atoms with van der Waals surface area (Å²) in [5.41, 5.74) is 4.51. The second-order valence-electron chi connectivity index (χ2n) is 5.13. The standard InChI is InChI=1S/C18H15N3/c1-2-13-10-15-16-12-19-9-8-17(16)21(18(15)20-11-13)14-6-4-3-5-7-14/h3-12H,2H2,1H3. The van der Waals surface area contributed by atoms with Gasteiger partial charge in [0.05, 0.1) is 5.52 Å². The molecule has 0 saturated carbocycles. The van der Waals surface area contributed by atoms with Crippen molar-refractivity contribution < 1.29 is 0 Å². The van der Waals surface area contributed by atoms with E-state index >= 15 is 0 Å². The van der Waals surface area contributed by atoms with Crippen LogP contribution in [-0.4, -0.2) is 14.5 Å². The van der Waals surface area contributed by atoms with Crippen LogP contribution in [0.15, 0.2) is 61.1 Å². The van der Waals surface area contributed by atoms with Gasteiger partial charge in [-0.15, -0.1) is 0 Å². The summed E-state index contributed by atoms with van der Waals surface area (Å²) in [4.78, 5) is 8.99. The van der Waals surface area contributed by atoms with Crippen LogP contribution in [0.5, 0.6) is 0 Å². The van der Waals surface area contributed by atoms with E-state index in [1.54, 1.807) is 0 Å². The molecule has 3 aromatic heterocycles. The van der Waals surface area contributed by atoms with E-state index in [9.17, 15) is 0 Å². The average Bonchev–Trinajstić information content (AvgIpc) is 2.89. The van der Waals surface area contributed by atoms with Gasteiger partial charge in [-0.05, 0) is 36.2 Å². The first-order chi connectivity index (χ1) is 10.4. The van der Waals surface area contributed by atoms with Crippen molar-refractivity contribution >= 4 is 21.9 Å². The molecule has 0 fully saturated rings. The Morgan fingerprint density at radius 2 is 1.86 bits per heavy atom. The van der Waals surface area contributed by atoms with Gasteiger partial charge in [-0.25, -0.2) is 4.98 Å². The lowest BCUT2D eigenvalue weighted by atomic mass is 10.1. The monoisotopic (exact) mass is 273 g/mol. The highest BCUT2D eigenvalue weighted by Gasteiger charge is 2.13. The molecule has 0 radical (unpaired) electrons. The highest BCUT2D eigenvalue weighted by molar-refractivity contribution is 6.07. The van der Waals surface area contributed by atoms with E-state index in [1.165, 1.54) is 10.9 Å². The molecule has 21 heavy (non-hydrogen) atoms. The molecular formula is C18H15N3. The predicted octanol–water partition coefficient (Wildman–Crippen LogP) is 4.14. The minimum absolute atomic E-state index is 0.987. The fourth-order valence-corrected chi connectivity index (χ4v) is 2.81. The summed E-state index contributed by atoms with van der Waals surface area (Å²) in [6.45, 7) is 2.15. The second-order valence-corrected chi connectivity index (χ2v) is 5.13. The Kier molecular flexibility index (Phi) is 2.71. The van der Waals surface area contributed by atoms with Gasteiger partial charge in [0.2, 0.25) is 0 Å². The maximum Gasteiger partial charge on any atom is 0.145 e. The number of rotatable bonds is 2. The average molecular weight is 273 g/mol. The third-order valence-corrected chi connectivity index (χ3v) is 3.89. The van der Waals surface area contributed by atoms with Crippen molar-refractivity contribution in [3.63, 3.8) is 0 Å². The molecule has 0 aliphatic rings. The number of pyridine rings is 2. The van der Waals surface area contributed by atoms with E-state index < -0.39 is 0 Å². The van der Waals surface area contributed by atoms with Gasteiger partial charge in [-0.3, -0.25) is 9.55 Å². The number of aromatic nitrogens is 3. The molecule has 0 unspecified atom stereocenters. The Bertz CT molecular complexity index is 923. The molecule has 3 nitrogen and oxygen atoms in total. The molecule has 102 valence electrons. The smallest absolute Gasteiger partial charge is 0.145 e. The highest BCUT2D eigenvalue weighted by atomic mass is 15.0. The summed E-state index contributed by atoms with van der Waals surface area (Å²) in [6, 6.07) is 14.6. The maximum absolute atomic E-state index is 4.70. The molecule has 0 N–H and O–H groups in total. The van der Waals surface area contributed by atoms with Crippen molar-refractivity contribution in [1.29, 1.82) is 0 Å². The first-order valence-corrected chi connectivity index (χ1v) is 7.17. The SMILES string of the molecule is CCc1cnc2c(c1)c1cnccc1n2-c1ccccc1. The van der Waals surface area contributed by atoms with Crippen LogP contribution in [0.25, 0.3) is 27.6 Å². The van der Waals surface area contributed by atoms with Gasteiger partial charge < -0.3 is 0 Å². The second kappa shape index (κ2) is 4.70. The van der Waals surface area contributed by atoms with Crippen molar-refractivity contribution in [2.24, 2.45) is 0 Å². The third-order valence-electron chi connectivity index (χ3n) is 3.89. The summed E-state index contributed by atoms with van der Waals surface area (Å²) >= 11 is 0. The zero-order valence-electron chi connectivity index (χ0n) is 11.8. The third kappa shape index (κ3) is 1.82. The summed E-state index contributed by atoms with van der Waals surface area (Å²) in [6.07, 6.45) is 6.72. The number of hydrogen-bond acceptors (Lipinski definition) is 2. The topological polar surface area (TPSA) is 30.7 Å². The van der Waals surface area contributed by atoms with Crippen LogP contribution in [0.2, 0.25) is 0 Å². The van der Waals surface area contributed by atoms with Crippen molar-refractivity contribution in [3.8, 4) is 5.69 Å². The van der Waals surface area contributed by atoms with E-state index in [0.29, 0.717) is 0 Å². The van der Waals surface area contributed by atoms with Crippen LogP contribution < -0.4 is 0 Å². The molecule has 0 aliphatic carbocycles. The van der Waals surface area contributed by atoms with Crippen LogP contribution in [0.3, 0.4) is 0 Å². The van der Waals surface area contributed by atoms with Crippen molar-refractivity contribution in [2.75, 3.05) is 0 Å². The first kappa shape index (κ1) is 12.1. The van der Waals surface area contributed by atoms with Gasteiger partial charge in [0.1, 0.15) is 5.65 Å². The Balaban J connectivity index is 2.17. The molecule has 3 heteroatoms. The van der Waals surface area contributed by atoms with Gasteiger partial charge >= 0.3 is 0 Å². The molecule has 0 spiro atoms. The normalized spacial score (nSPS) is 11.3. The number of benzene rings is 1. The molecule has 0 bridgehead atoms. The maximum atomic E-state index is 4.70. The number of fused-ring (bicyclic) bond motifs is 3. The summed E-state index contributed by atoms with van der Waals surface area (Å²) in [5, 5.41) is 2.32. The van der Waals surface area contributed by atoms with Crippen LogP contribution in [0, 0.1) is 0 Å². The molecule has 4 aromatic rings. The highest BCUT2D eigenvalue weighted by Crippen LogP contribution is 2.30. The van der Waals surface area contributed by atoms with Crippen LogP contribution in [0.4, 0.5) is 0 Å². The number of para-hydroxylation sites is 1. The zero-order valence-corrected chi connectivity index (χ0v) is 11.8. The van der Waals surface area contributed by atoms with E-state index in [2.05, 4.69) is 52.9 Å². The Morgan fingerprint density at radius 3 is 2.67 bits per heavy atom. The van der Waals surface area contributed by atoms with E-state index in [4.69, 9.17) is 4.98 Å². The molecule has 0 amide bonds. The minimum atomic E-state index is 0.987. The Morgan fingerprint density at radius 1 is 1.00 bits per heavy atom. The van der Waals surface area contributed by atoms with Crippen LogP contribution in [0.1, 0.15) is 12.5 Å². The first-order valence-electron chi connectivity index (χ1n) is 7.17. The van der Waals surface area contributed by atoms with Crippen molar-refractivity contribution in [3.05, 3.63) is 66.6 Å². The van der Waals surface area contributed by atoms with Crippen molar-refractivity contribution in [1.82, 2.24) is 14.5 Å². The van der Waals surface area contributed by atoms with Gasteiger partial charge in [0, 0.05) is 35.1 Å². The summed E-state index contributed by atoms with van der Waals surface area (Å²) in [5.74, 6) is 0. The molecular weight excluding hydrogens is 258 g/mol. The van der Waals surface area contributed by atoms with Crippen LogP contribution >= 0.6 is 0 Å². The van der Waals surface area contributed by atoms with E-state index in [-0.39, 0.29) is 0 Å². The molecule has 3 heterocycles. The predicted molar refractivity (Wildman–Crippen MR) is 85.7 cm³/mol. The molecule has 0 atom stereocenters.